The van der Waals surface area contributed by atoms with Gasteiger partial charge in [0.1, 0.15) is 11.5 Å². The number of benzene rings is 3. The molecule has 1 atom stereocenters. The van der Waals surface area contributed by atoms with Gasteiger partial charge in [-0.05, 0) is 48.0 Å². The van der Waals surface area contributed by atoms with Gasteiger partial charge in [0, 0.05) is 11.3 Å². The summed E-state index contributed by atoms with van der Waals surface area (Å²) in [4.78, 5) is 27.5. The van der Waals surface area contributed by atoms with Crippen LogP contribution in [0.15, 0.2) is 78.4 Å². The van der Waals surface area contributed by atoms with Crippen LogP contribution in [0.2, 0.25) is 10.0 Å². The highest BCUT2D eigenvalue weighted by Gasteiger charge is 2.46. The van der Waals surface area contributed by atoms with E-state index in [1.165, 1.54) is 17.0 Å². The second-order valence-electron chi connectivity index (χ2n) is 6.91. The number of hydrogen-bond donors (Lipinski definition) is 1. The molecule has 0 radical (unpaired) electrons. The Bertz CT molecular complexity index is 1190. The molecule has 1 aliphatic heterocycles. The van der Waals surface area contributed by atoms with E-state index >= 15 is 0 Å². The Morgan fingerprint density at radius 3 is 2.23 bits per heavy atom. The van der Waals surface area contributed by atoms with Crippen LogP contribution in [-0.2, 0) is 9.59 Å². The Hall–Kier alpha value is -3.28. The van der Waals surface area contributed by atoms with Crippen LogP contribution < -0.4 is 9.64 Å². The molecular weight excluding hydrogens is 437 g/mol. The molecule has 31 heavy (non-hydrogen) atoms. The first-order valence-electron chi connectivity index (χ1n) is 9.38. The summed E-state index contributed by atoms with van der Waals surface area (Å²) in [5, 5.41) is 11.6. The summed E-state index contributed by atoms with van der Waals surface area (Å²) in [7, 11) is 1.55. The molecule has 0 spiro atoms. The van der Waals surface area contributed by atoms with Crippen molar-refractivity contribution in [3.8, 4) is 5.75 Å². The molecule has 3 aromatic carbocycles. The molecule has 1 fully saturated rings. The highest BCUT2D eigenvalue weighted by Crippen LogP contribution is 2.42. The Morgan fingerprint density at radius 1 is 0.935 bits per heavy atom. The van der Waals surface area contributed by atoms with Crippen molar-refractivity contribution in [2.24, 2.45) is 0 Å². The highest BCUT2D eigenvalue weighted by molar-refractivity contribution is 6.51. The summed E-state index contributed by atoms with van der Waals surface area (Å²) >= 11 is 12.1. The molecule has 1 saturated heterocycles. The van der Waals surface area contributed by atoms with E-state index in [4.69, 9.17) is 27.9 Å². The highest BCUT2D eigenvalue weighted by atomic mass is 35.5. The minimum absolute atomic E-state index is 0.0302. The standard InChI is InChI=1S/C24H17Cl2NO4/c1-31-17-10-7-14(8-11-17)21-20(22(28)15-9-12-18(25)19(26)13-15)23(29)24(30)27(21)16-5-3-2-4-6-16/h2-13,21,28H,1H3/b22-20-. The summed E-state index contributed by atoms with van der Waals surface area (Å²) in [5.74, 6) is -1.21. The van der Waals surface area contributed by atoms with E-state index in [1.807, 2.05) is 6.07 Å². The second-order valence-corrected chi connectivity index (χ2v) is 7.72. The number of Topliss-reactive ketones (excluding diaryl/α,β-unsaturated/α-hetero) is 1. The Morgan fingerprint density at radius 2 is 1.61 bits per heavy atom. The lowest BCUT2D eigenvalue weighted by molar-refractivity contribution is -0.132. The normalized spacial score (nSPS) is 17.8. The van der Waals surface area contributed by atoms with Gasteiger partial charge in [0.05, 0.1) is 28.8 Å². The molecule has 1 unspecified atom stereocenters. The van der Waals surface area contributed by atoms with E-state index in [2.05, 4.69) is 0 Å². The number of aliphatic hydroxyl groups excluding tert-OH is 1. The molecule has 0 aliphatic carbocycles. The third kappa shape index (κ3) is 3.78. The van der Waals surface area contributed by atoms with Crippen LogP contribution in [0.1, 0.15) is 17.2 Å². The van der Waals surface area contributed by atoms with Crippen molar-refractivity contribution < 1.29 is 19.4 Å². The van der Waals surface area contributed by atoms with Gasteiger partial charge in [-0.2, -0.15) is 0 Å². The number of carbonyl (C=O) groups is 2. The number of hydrogen-bond acceptors (Lipinski definition) is 4. The molecule has 0 bridgehead atoms. The maximum Gasteiger partial charge on any atom is 0.300 e. The number of rotatable bonds is 4. The van der Waals surface area contributed by atoms with Gasteiger partial charge in [-0.3, -0.25) is 14.5 Å². The Balaban J connectivity index is 1.93. The molecule has 3 aromatic rings. The second kappa shape index (κ2) is 8.46. The first-order valence-corrected chi connectivity index (χ1v) is 10.1. The predicted molar refractivity (Wildman–Crippen MR) is 121 cm³/mol. The fraction of sp³-hybridized carbons (Fsp3) is 0.0833. The van der Waals surface area contributed by atoms with E-state index in [0.29, 0.717) is 27.6 Å². The SMILES string of the molecule is COc1ccc(C2/C(=C(/O)c3ccc(Cl)c(Cl)c3)C(=O)C(=O)N2c2ccccc2)cc1. The third-order valence-electron chi connectivity index (χ3n) is 5.10. The molecule has 156 valence electrons. The molecule has 0 saturated carbocycles. The van der Waals surface area contributed by atoms with Crippen molar-refractivity contribution >= 4 is 46.3 Å². The van der Waals surface area contributed by atoms with Crippen LogP contribution in [0.3, 0.4) is 0 Å². The molecule has 1 amide bonds. The quantitative estimate of drug-likeness (QED) is 0.315. The zero-order valence-corrected chi connectivity index (χ0v) is 17.9. The number of methoxy groups -OCH3 is 1. The van der Waals surface area contributed by atoms with Gasteiger partial charge in [-0.25, -0.2) is 0 Å². The molecule has 5 nitrogen and oxygen atoms in total. The van der Waals surface area contributed by atoms with Crippen LogP contribution in [0.25, 0.3) is 5.76 Å². The summed E-state index contributed by atoms with van der Waals surface area (Å²) in [6, 6.07) is 19.5. The largest absolute Gasteiger partial charge is 0.507 e. The zero-order valence-electron chi connectivity index (χ0n) is 16.4. The zero-order chi connectivity index (χ0) is 22.1. The fourth-order valence-electron chi connectivity index (χ4n) is 3.59. The number of halogens is 2. The first-order chi connectivity index (χ1) is 14.9. The van der Waals surface area contributed by atoms with Gasteiger partial charge >= 0.3 is 0 Å². The van der Waals surface area contributed by atoms with Gasteiger partial charge in [0.25, 0.3) is 11.7 Å². The molecule has 7 heteroatoms. The molecule has 1 aliphatic rings. The van der Waals surface area contributed by atoms with Crippen molar-refractivity contribution in [2.75, 3.05) is 12.0 Å². The number of amides is 1. The number of carbonyl (C=O) groups excluding carboxylic acids is 2. The number of para-hydroxylation sites is 1. The predicted octanol–water partition coefficient (Wildman–Crippen LogP) is 5.63. The van der Waals surface area contributed by atoms with Crippen LogP contribution in [0.5, 0.6) is 5.75 Å². The van der Waals surface area contributed by atoms with E-state index in [0.717, 1.165) is 0 Å². The van der Waals surface area contributed by atoms with Crippen molar-refractivity contribution in [2.45, 2.75) is 6.04 Å². The van der Waals surface area contributed by atoms with Gasteiger partial charge in [-0.1, -0.05) is 53.5 Å². The summed E-state index contributed by atoms with van der Waals surface area (Å²) in [5.41, 5.74) is 1.44. The van der Waals surface area contributed by atoms with Crippen LogP contribution in [-0.4, -0.2) is 23.9 Å². The van der Waals surface area contributed by atoms with Crippen LogP contribution >= 0.6 is 23.2 Å². The minimum atomic E-state index is -0.831. The number of anilines is 1. The van der Waals surface area contributed by atoms with Crippen LogP contribution in [0.4, 0.5) is 5.69 Å². The maximum atomic E-state index is 13.1. The maximum absolute atomic E-state index is 13.1. The van der Waals surface area contributed by atoms with Gasteiger partial charge in [-0.15, -0.1) is 0 Å². The van der Waals surface area contributed by atoms with Crippen molar-refractivity contribution in [1.29, 1.82) is 0 Å². The van der Waals surface area contributed by atoms with E-state index < -0.39 is 17.7 Å². The summed E-state index contributed by atoms with van der Waals surface area (Å²) in [6.07, 6.45) is 0. The summed E-state index contributed by atoms with van der Waals surface area (Å²) < 4.78 is 5.22. The molecular formula is C24H17Cl2NO4. The number of ether oxygens (including phenoxy) is 1. The lowest BCUT2D eigenvalue weighted by Crippen LogP contribution is -2.29. The molecule has 1 N–H and O–H groups in total. The Labute approximate surface area is 189 Å². The van der Waals surface area contributed by atoms with E-state index in [9.17, 15) is 14.7 Å². The van der Waals surface area contributed by atoms with Crippen molar-refractivity contribution in [1.82, 2.24) is 0 Å². The molecule has 0 aromatic heterocycles. The lowest BCUT2D eigenvalue weighted by atomic mass is 9.95. The van der Waals surface area contributed by atoms with Gasteiger partial charge in [0.15, 0.2) is 0 Å². The van der Waals surface area contributed by atoms with Gasteiger partial charge in [0.2, 0.25) is 0 Å². The number of aliphatic hydroxyl groups is 1. The van der Waals surface area contributed by atoms with Crippen molar-refractivity contribution in [3.63, 3.8) is 0 Å². The van der Waals surface area contributed by atoms with E-state index in [1.54, 1.807) is 61.7 Å². The topological polar surface area (TPSA) is 66.8 Å². The van der Waals surface area contributed by atoms with Gasteiger partial charge < -0.3 is 9.84 Å². The monoisotopic (exact) mass is 453 g/mol. The third-order valence-corrected chi connectivity index (χ3v) is 5.84. The fourth-order valence-corrected chi connectivity index (χ4v) is 3.89. The minimum Gasteiger partial charge on any atom is -0.507 e. The van der Waals surface area contributed by atoms with E-state index in [-0.39, 0.29) is 16.4 Å². The molecule has 4 rings (SSSR count). The average Bonchev–Trinajstić information content (AvgIpc) is 3.06. The average molecular weight is 454 g/mol. The molecule has 1 heterocycles. The number of nitrogens with zero attached hydrogens (tertiary/aromatic N) is 1. The Kier molecular flexibility index (Phi) is 5.72. The smallest absolute Gasteiger partial charge is 0.300 e. The lowest BCUT2D eigenvalue weighted by Gasteiger charge is -2.25. The first kappa shape index (κ1) is 21.0. The van der Waals surface area contributed by atoms with Crippen molar-refractivity contribution in [3.05, 3.63) is 99.5 Å². The summed E-state index contributed by atoms with van der Waals surface area (Å²) in [6.45, 7) is 0. The number of ketones is 1. The van der Waals surface area contributed by atoms with Crippen LogP contribution in [0, 0.1) is 0 Å².